The topological polar surface area (TPSA) is 61.1 Å². The Morgan fingerprint density at radius 3 is 2.79 bits per heavy atom. The minimum Gasteiger partial charge on any atom is -0.481 e. The Morgan fingerprint density at radius 1 is 1.64 bits per heavy atom. The van der Waals surface area contributed by atoms with Gasteiger partial charge in [0, 0.05) is 9.13 Å². The fourth-order valence-corrected chi connectivity index (χ4v) is 1.62. The third-order valence-electron chi connectivity index (χ3n) is 1.61. The van der Waals surface area contributed by atoms with Crippen molar-refractivity contribution >= 4 is 28.6 Å². The van der Waals surface area contributed by atoms with Crippen molar-refractivity contribution < 1.29 is 14.3 Å². The maximum atomic E-state index is 13.2. The van der Waals surface area contributed by atoms with Gasteiger partial charge in [-0.15, -0.1) is 0 Å². The third-order valence-corrected chi connectivity index (χ3v) is 2.23. The summed E-state index contributed by atoms with van der Waals surface area (Å²) < 4.78 is 13.8. The number of nitrogens with zero attached hydrogens (tertiary/aromatic N) is 1. The summed E-state index contributed by atoms with van der Waals surface area (Å²) in [5, 5.41) is 17.2. The first-order valence-electron chi connectivity index (χ1n) is 3.64. The highest BCUT2D eigenvalue weighted by molar-refractivity contribution is 14.1. The van der Waals surface area contributed by atoms with Crippen molar-refractivity contribution in [3.05, 3.63) is 32.6 Å². The lowest BCUT2D eigenvalue weighted by Gasteiger charge is -2.03. The van der Waals surface area contributed by atoms with E-state index in [1.165, 1.54) is 12.1 Å². The second-order valence-electron chi connectivity index (χ2n) is 2.60. The molecule has 1 N–H and O–H groups in total. The van der Waals surface area contributed by atoms with Gasteiger partial charge in [-0.2, -0.15) is 5.26 Å². The SMILES string of the molecule is N#Cc1cc(I)cc(F)c1CC(=O)O. The van der Waals surface area contributed by atoms with Crippen LogP contribution in [-0.2, 0) is 11.2 Å². The molecule has 0 radical (unpaired) electrons. The van der Waals surface area contributed by atoms with Crippen LogP contribution in [-0.4, -0.2) is 11.1 Å². The largest absolute Gasteiger partial charge is 0.481 e. The van der Waals surface area contributed by atoms with Crippen molar-refractivity contribution in [2.75, 3.05) is 0 Å². The summed E-state index contributed by atoms with van der Waals surface area (Å²) in [5.74, 6) is -1.79. The lowest BCUT2D eigenvalue weighted by molar-refractivity contribution is -0.136. The maximum Gasteiger partial charge on any atom is 0.307 e. The van der Waals surface area contributed by atoms with Crippen molar-refractivity contribution in [1.82, 2.24) is 0 Å². The molecule has 0 unspecified atom stereocenters. The number of carboxylic acid groups (broad SMARTS) is 1. The normalized spacial score (nSPS) is 9.50. The zero-order valence-electron chi connectivity index (χ0n) is 6.92. The van der Waals surface area contributed by atoms with Gasteiger partial charge in [-0.1, -0.05) is 0 Å². The van der Waals surface area contributed by atoms with Crippen LogP contribution in [0.2, 0.25) is 0 Å². The number of benzene rings is 1. The fraction of sp³-hybridized carbons (Fsp3) is 0.111. The first kappa shape index (κ1) is 10.9. The number of carbonyl (C=O) groups is 1. The molecule has 3 nitrogen and oxygen atoms in total. The van der Waals surface area contributed by atoms with E-state index in [0.717, 1.165) is 0 Å². The number of aliphatic carboxylic acids is 1. The molecule has 14 heavy (non-hydrogen) atoms. The molecule has 0 aliphatic heterocycles. The van der Waals surface area contributed by atoms with Crippen LogP contribution >= 0.6 is 22.6 Å². The molecule has 1 aromatic rings. The predicted molar refractivity (Wildman–Crippen MR) is 55.2 cm³/mol. The molecule has 0 aliphatic rings. The fourth-order valence-electron chi connectivity index (χ4n) is 1.03. The maximum absolute atomic E-state index is 13.2. The van der Waals surface area contributed by atoms with E-state index < -0.39 is 18.2 Å². The Morgan fingerprint density at radius 2 is 2.29 bits per heavy atom. The Bertz CT molecular complexity index is 426. The van der Waals surface area contributed by atoms with Crippen molar-refractivity contribution in [2.24, 2.45) is 0 Å². The molecule has 0 saturated heterocycles. The second kappa shape index (κ2) is 4.37. The van der Waals surface area contributed by atoms with E-state index in [9.17, 15) is 9.18 Å². The number of carboxylic acids is 1. The van der Waals surface area contributed by atoms with E-state index in [2.05, 4.69) is 0 Å². The Hall–Kier alpha value is -1.16. The molecule has 0 spiro atoms. The summed E-state index contributed by atoms with van der Waals surface area (Å²) in [6, 6.07) is 4.44. The van der Waals surface area contributed by atoms with Gasteiger partial charge in [0.1, 0.15) is 5.82 Å². The zero-order chi connectivity index (χ0) is 10.7. The zero-order valence-corrected chi connectivity index (χ0v) is 9.08. The summed E-state index contributed by atoms with van der Waals surface area (Å²) in [4.78, 5) is 10.4. The number of halogens is 2. The molecule has 0 aliphatic carbocycles. The molecule has 1 rings (SSSR count). The van der Waals surface area contributed by atoms with Gasteiger partial charge < -0.3 is 5.11 Å². The average Bonchev–Trinajstić information content (AvgIpc) is 2.08. The van der Waals surface area contributed by atoms with Crippen LogP contribution in [0.3, 0.4) is 0 Å². The van der Waals surface area contributed by atoms with Crippen LogP contribution in [0.4, 0.5) is 4.39 Å². The number of hydrogen-bond donors (Lipinski definition) is 1. The molecule has 0 heterocycles. The monoisotopic (exact) mass is 305 g/mol. The quantitative estimate of drug-likeness (QED) is 0.849. The summed E-state index contributed by atoms with van der Waals surface area (Å²) in [6.45, 7) is 0. The lowest BCUT2D eigenvalue weighted by Crippen LogP contribution is -2.05. The van der Waals surface area contributed by atoms with Crippen LogP contribution in [0.1, 0.15) is 11.1 Å². The van der Waals surface area contributed by atoms with Gasteiger partial charge in [0.15, 0.2) is 0 Å². The van der Waals surface area contributed by atoms with E-state index in [1.54, 1.807) is 6.07 Å². The number of nitriles is 1. The Kier molecular flexibility index (Phi) is 3.41. The molecule has 0 fully saturated rings. The van der Waals surface area contributed by atoms with Crippen LogP contribution in [0.5, 0.6) is 0 Å². The highest BCUT2D eigenvalue weighted by atomic mass is 127. The van der Waals surface area contributed by atoms with Gasteiger partial charge in [-0.3, -0.25) is 4.79 Å². The van der Waals surface area contributed by atoms with Gasteiger partial charge in [-0.25, -0.2) is 4.39 Å². The highest BCUT2D eigenvalue weighted by Crippen LogP contribution is 2.18. The first-order valence-corrected chi connectivity index (χ1v) is 4.72. The van der Waals surface area contributed by atoms with Crippen LogP contribution < -0.4 is 0 Å². The van der Waals surface area contributed by atoms with Crippen molar-refractivity contribution in [2.45, 2.75) is 6.42 Å². The van der Waals surface area contributed by atoms with Crippen molar-refractivity contribution in [3.8, 4) is 6.07 Å². The summed E-state index contributed by atoms with van der Waals surface area (Å²) in [7, 11) is 0. The molecule has 0 atom stereocenters. The van der Waals surface area contributed by atoms with Gasteiger partial charge in [0.25, 0.3) is 0 Å². The molecule has 0 bridgehead atoms. The lowest BCUT2D eigenvalue weighted by atomic mass is 10.1. The minimum atomic E-state index is -1.15. The highest BCUT2D eigenvalue weighted by Gasteiger charge is 2.13. The molecular weight excluding hydrogens is 300 g/mol. The van der Waals surface area contributed by atoms with Crippen LogP contribution in [0, 0.1) is 20.7 Å². The van der Waals surface area contributed by atoms with Gasteiger partial charge in [0.2, 0.25) is 0 Å². The van der Waals surface area contributed by atoms with Crippen LogP contribution in [0.25, 0.3) is 0 Å². The molecular formula is C9H5FINO2. The summed E-state index contributed by atoms with van der Waals surface area (Å²) in [5.41, 5.74) is 0.0252. The van der Waals surface area contributed by atoms with Crippen molar-refractivity contribution in [3.63, 3.8) is 0 Å². The number of hydrogen-bond acceptors (Lipinski definition) is 2. The van der Waals surface area contributed by atoms with Gasteiger partial charge in [0.05, 0.1) is 18.1 Å². The predicted octanol–water partition coefficient (Wildman–Crippen LogP) is 1.93. The Balaban J connectivity index is 3.27. The van der Waals surface area contributed by atoms with E-state index in [4.69, 9.17) is 10.4 Å². The molecule has 72 valence electrons. The van der Waals surface area contributed by atoms with Crippen LogP contribution in [0.15, 0.2) is 12.1 Å². The number of rotatable bonds is 2. The molecule has 5 heteroatoms. The molecule has 0 saturated carbocycles. The summed E-state index contributed by atoms with van der Waals surface area (Å²) >= 11 is 1.87. The summed E-state index contributed by atoms with van der Waals surface area (Å²) in [6.07, 6.45) is -0.467. The standard InChI is InChI=1S/C9H5FINO2/c10-8-2-6(11)1-5(4-12)7(8)3-9(13)14/h1-2H,3H2,(H,13,14). The molecule has 1 aromatic carbocycles. The molecule has 0 aromatic heterocycles. The van der Waals surface area contributed by atoms with Crippen molar-refractivity contribution in [1.29, 1.82) is 5.26 Å². The van der Waals surface area contributed by atoms with E-state index >= 15 is 0 Å². The van der Waals surface area contributed by atoms with E-state index in [-0.39, 0.29) is 11.1 Å². The van der Waals surface area contributed by atoms with E-state index in [0.29, 0.717) is 3.57 Å². The second-order valence-corrected chi connectivity index (χ2v) is 3.84. The Labute approximate surface area is 93.3 Å². The first-order chi connectivity index (χ1) is 6.54. The van der Waals surface area contributed by atoms with Gasteiger partial charge >= 0.3 is 5.97 Å². The smallest absolute Gasteiger partial charge is 0.307 e. The van der Waals surface area contributed by atoms with E-state index in [1.807, 2.05) is 22.6 Å². The average molecular weight is 305 g/mol. The third kappa shape index (κ3) is 2.42. The molecule has 0 amide bonds. The van der Waals surface area contributed by atoms with Gasteiger partial charge in [-0.05, 0) is 34.7 Å². The minimum absolute atomic E-state index is 0.0552.